The maximum atomic E-state index is 12.4. The number of halogens is 1. The maximum absolute atomic E-state index is 12.4. The van der Waals surface area contributed by atoms with E-state index in [-0.39, 0.29) is 11.6 Å². The van der Waals surface area contributed by atoms with Crippen molar-refractivity contribution >= 4 is 34.7 Å². The van der Waals surface area contributed by atoms with Gasteiger partial charge >= 0.3 is 0 Å². The van der Waals surface area contributed by atoms with Crippen LogP contribution in [0.25, 0.3) is 0 Å². The average molecular weight is 328 g/mol. The summed E-state index contributed by atoms with van der Waals surface area (Å²) in [5.41, 5.74) is 2.65. The molecule has 0 aliphatic heterocycles. The van der Waals surface area contributed by atoms with E-state index in [1.165, 1.54) is 0 Å². The summed E-state index contributed by atoms with van der Waals surface area (Å²) in [4.78, 5) is 12.4. The Balaban J connectivity index is 1.79. The highest BCUT2D eigenvalue weighted by Crippen LogP contribution is 2.21. The summed E-state index contributed by atoms with van der Waals surface area (Å²) in [6.07, 6.45) is 0. The molecule has 0 unspecified atom stereocenters. The first-order valence-electron chi connectivity index (χ1n) is 6.93. The van der Waals surface area contributed by atoms with Gasteiger partial charge in [0.15, 0.2) is 11.5 Å². The zero-order chi connectivity index (χ0) is 16.2. The predicted molar refractivity (Wildman–Crippen MR) is 90.2 cm³/mol. The third-order valence-electron chi connectivity index (χ3n) is 3.13. The van der Waals surface area contributed by atoms with Crippen LogP contribution in [0.5, 0.6) is 0 Å². The molecule has 0 saturated heterocycles. The van der Waals surface area contributed by atoms with Crippen LogP contribution in [-0.4, -0.2) is 21.3 Å². The highest BCUT2D eigenvalue weighted by atomic mass is 35.5. The first kappa shape index (κ1) is 15.1. The summed E-state index contributed by atoms with van der Waals surface area (Å²) in [7, 11) is 0. The number of H-pyrrole nitrogens is 1. The minimum Gasteiger partial charge on any atom is -0.337 e. The van der Waals surface area contributed by atoms with Gasteiger partial charge in [0.1, 0.15) is 0 Å². The molecule has 3 N–H and O–H groups in total. The summed E-state index contributed by atoms with van der Waals surface area (Å²) in [6.45, 7) is 1.96. The zero-order valence-corrected chi connectivity index (χ0v) is 13.1. The number of aromatic amines is 1. The lowest BCUT2D eigenvalue weighted by Gasteiger charge is -2.07. The van der Waals surface area contributed by atoms with E-state index in [0.717, 1.165) is 11.3 Å². The van der Waals surface area contributed by atoms with Crippen LogP contribution < -0.4 is 10.6 Å². The summed E-state index contributed by atoms with van der Waals surface area (Å²) in [5.74, 6) is -0.0219. The first-order chi connectivity index (χ1) is 11.1. The molecule has 0 aliphatic rings. The van der Waals surface area contributed by atoms with Gasteiger partial charge in [0.05, 0.1) is 0 Å². The number of hydrogen-bond acceptors (Lipinski definition) is 4. The molecule has 0 spiro atoms. The summed E-state index contributed by atoms with van der Waals surface area (Å²) < 4.78 is 0. The molecule has 0 bridgehead atoms. The fraction of sp³-hybridized carbons (Fsp3) is 0.0625. The lowest BCUT2D eigenvalue weighted by molar-refractivity contribution is 0.102. The van der Waals surface area contributed by atoms with Gasteiger partial charge in [-0.25, -0.2) is 0 Å². The van der Waals surface area contributed by atoms with Gasteiger partial charge in [0.2, 0.25) is 0 Å². The van der Waals surface area contributed by atoms with Crippen molar-refractivity contribution in [3.05, 3.63) is 64.8 Å². The SMILES string of the molecule is Cc1cccc(NC(=O)c2n[nH]nc2Nc2cccc(Cl)c2)c1. The van der Waals surface area contributed by atoms with Crippen LogP contribution in [-0.2, 0) is 0 Å². The maximum Gasteiger partial charge on any atom is 0.280 e. The van der Waals surface area contributed by atoms with Gasteiger partial charge < -0.3 is 10.6 Å². The number of amides is 1. The fourth-order valence-electron chi connectivity index (χ4n) is 2.09. The summed E-state index contributed by atoms with van der Waals surface area (Å²) in [5, 5.41) is 16.7. The van der Waals surface area contributed by atoms with Crippen LogP contribution in [0.1, 0.15) is 16.1 Å². The van der Waals surface area contributed by atoms with Gasteiger partial charge in [-0.15, -0.1) is 10.2 Å². The van der Waals surface area contributed by atoms with Crippen LogP contribution in [0.4, 0.5) is 17.2 Å². The third-order valence-corrected chi connectivity index (χ3v) is 3.36. The number of nitrogens with one attached hydrogen (secondary N) is 3. The fourth-order valence-corrected chi connectivity index (χ4v) is 2.28. The normalized spacial score (nSPS) is 10.3. The lowest BCUT2D eigenvalue weighted by Crippen LogP contribution is -2.14. The minimum absolute atomic E-state index is 0.173. The smallest absolute Gasteiger partial charge is 0.280 e. The van der Waals surface area contributed by atoms with Crippen molar-refractivity contribution in [2.24, 2.45) is 0 Å². The molecule has 1 amide bonds. The Morgan fingerprint density at radius 3 is 2.65 bits per heavy atom. The Morgan fingerprint density at radius 2 is 1.87 bits per heavy atom. The van der Waals surface area contributed by atoms with E-state index in [1.54, 1.807) is 18.2 Å². The quantitative estimate of drug-likeness (QED) is 0.681. The molecule has 0 saturated carbocycles. The van der Waals surface area contributed by atoms with Gasteiger partial charge in [0.25, 0.3) is 5.91 Å². The molecule has 7 heteroatoms. The van der Waals surface area contributed by atoms with Crippen molar-refractivity contribution in [3.8, 4) is 0 Å². The average Bonchev–Trinajstić information content (AvgIpc) is 2.95. The number of carbonyl (C=O) groups is 1. The Labute approximate surface area is 137 Å². The van der Waals surface area contributed by atoms with Crippen LogP contribution in [0.15, 0.2) is 48.5 Å². The van der Waals surface area contributed by atoms with Crippen LogP contribution in [0.2, 0.25) is 5.02 Å². The second-order valence-electron chi connectivity index (χ2n) is 4.98. The van der Waals surface area contributed by atoms with Crippen molar-refractivity contribution in [2.45, 2.75) is 6.92 Å². The Hall–Kier alpha value is -2.86. The molecule has 3 aromatic rings. The molecule has 0 aliphatic carbocycles. The number of anilines is 3. The second-order valence-corrected chi connectivity index (χ2v) is 5.42. The van der Waals surface area contributed by atoms with E-state index in [2.05, 4.69) is 26.0 Å². The van der Waals surface area contributed by atoms with Gasteiger partial charge in [-0.1, -0.05) is 29.8 Å². The van der Waals surface area contributed by atoms with Crippen LogP contribution in [0.3, 0.4) is 0 Å². The number of benzene rings is 2. The number of nitrogens with zero attached hydrogens (tertiary/aromatic N) is 2. The van der Waals surface area contributed by atoms with Gasteiger partial charge in [0, 0.05) is 16.4 Å². The van der Waals surface area contributed by atoms with Gasteiger partial charge in [-0.2, -0.15) is 5.21 Å². The van der Waals surface area contributed by atoms with E-state index in [4.69, 9.17) is 11.6 Å². The Kier molecular flexibility index (Phi) is 4.25. The zero-order valence-electron chi connectivity index (χ0n) is 12.3. The third kappa shape index (κ3) is 3.67. The molecule has 1 heterocycles. The van der Waals surface area contributed by atoms with Crippen molar-refractivity contribution in [1.29, 1.82) is 0 Å². The number of aromatic nitrogens is 3. The summed E-state index contributed by atoms with van der Waals surface area (Å²) >= 11 is 5.95. The highest BCUT2D eigenvalue weighted by Gasteiger charge is 2.17. The van der Waals surface area contributed by atoms with E-state index in [0.29, 0.717) is 16.5 Å². The Morgan fingerprint density at radius 1 is 1.09 bits per heavy atom. The molecular formula is C16H14ClN5O. The molecule has 0 atom stereocenters. The number of carbonyl (C=O) groups excluding carboxylic acids is 1. The lowest BCUT2D eigenvalue weighted by atomic mass is 10.2. The predicted octanol–water partition coefficient (Wildman–Crippen LogP) is 3.76. The van der Waals surface area contributed by atoms with Crippen LogP contribution >= 0.6 is 11.6 Å². The highest BCUT2D eigenvalue weighted by molar-refractivity contribution is 6.30. The van der Waals surface area contributed by atoms with Crippen molar-refractivity contribution in [2.75, 3.05) is 10.6 Å². The number of hydrogen-bond donors (Lipinski definition) is 3. The number of aryl methyl sites for hydroxylation is 1. The first-order valence-corrected chi connectivity index (χ1v) is 7.31. The van der Waals surface area contributed by atoms with Crippen molar-refractivity contribution in [3.63, 3.8) is 0 Å². The molecule has 3 rings (SSSR count). The van der Waals surface area contributed by atoms with Crippen molar-refractivity contribution < 1.29 is 4.79 Å². The van der Waals surface area contributed by atoms with Crippen LogP contribution in [0, 0.1) is 6.92 Å². The molecule has 1 aromatic heterocycles. The minimum atomic E-state index is -0.353. The molecule has 0 fully saturated rings. The molecular weight excluding hydrogens is 314 g/mol. The number of rotatable bonds is 4. The van der Waals surface area contributed by atoms with E-state index in [9.17, 15) is 4.79 Å². The molecule has 2 aromatic carbocycles. The largest absolute Gasteiger partial charge is 0.337 e. The van der Waals surface area contributed by atoms with E-state index in [1.807, 2.05) is 37.3 Å². The second kappa shape index (κ2) is 6.50. The molecule has 0 radical (unpaired) electrons. The van der Waals surface area contributed by atoms with Gasteiger partial charge in [-0.05, 0) is 42.8 Å². The topological polar surface area (TPSA) is 82.7 Å². The van der Waals surface area contributed by atoms with E-state index >= 15 is 0 Å². The standard InChI is InChI=1S/C16H14ClN5O/c1-10-4-2-6-12(8-10)19-16(23)14-15(21-22-20-14)18-13-7-3-5-11(17)9-13/h2-9H,1H3,(H,19,23)(H2,18,20,21,22). The monoisotopic (exact) mass is 327 g/mol. The Bertz CT molecular complexity index is 846. The van der Waals surface area contributed by atoms with Crippen molar-refractivity contribution in [1.82, 2.24) is 15.4 Å². The van der Waals surface area contributed by atoms with Gasteiger partial charge in [-0.3, -0.25) is 4.79 Å². The molecule has 23 heavy (non-hydrogen) atoms. The molecule has 116 valence electrons. The molecule has 6 nitrogen and oxygen atoms in total. The van der Waals surface area contributed by atoms with E-state index < -0.39 is 0 Å². The summed E-state index contributed by atoms with van der Waals surface area (Å²) in [6, 6.07) is 14.6.